The van der Waals surface area contributed by atoms with Gasteiger partial charge in [0.05, 0.1) is 11.5 Å². The van der Waals surface area contributed by atoms with Crippen molar-refractivity contribution in [2.75, 3.05) is 13.2 Å². The minimum absolute atomic E-state index is 0.0828. The molecule has 0 saturated carbocycles. The van der Waals surface area contributed by atoms with E-state index in [4.69, 9.17) is 14.0 Å². The highest BCUT2D eigenvalue weighted by Gasteiger charge is 2.19. The molecule has 1 atom stereocenters. The quantitative estimate of drug-likeness (QED) is 0.827. The topological polar surface area (TPSA) is 55.8 Å². The number of ether oxygens (including phenoxy) is 1. The number of hydrogen-bond acceptors (Lipinski definition) is 4. The Labute approximate surface area is 111 Å². The molecule has 1 aromatic rings. The fourth-order valence-corrected chi connectivity index (χ4v) is 2.14. The first-order valence-electron chi connectivity index (χ1n) is 5.93. The number of rotatable bonds is 7. The minimum Gasteiger partial charge on any atom is -0.488 e. The van der Waals surface area contributed by atoms with E-state index in [1.165, 1.54) is 0 Å². The van der Waals surface area contributed by atoms with Gasteiger partial charge in [0.2, 0.25) is 0 Å². The second-order valence-corrected chi connectivity index (χ2v) is 5.62. The Bertz CT molecular complexity index is 386. The van der Waals surface area contributed by atoms with E-state index in [1.807, 2.05) is 13.8 Å². The lowest BCUT2D eigenvalue weighted by molar-refractivity contribution is 0.0764. The van der Waals surface area contributed by atoms with Crippen LogP contribution in [-0.4, -0.2) is 28.1 Å². The summed E-state index contributed by atoms with van der Waals surface area (Å²) in [6, 6.07) is 6.95. The standard InChI is InChI=1S/C13H20O4S/c1-4-16-18(15)12-7-5-11(6-8-12)17-13(2,3)9-10-14/h5-8,14H,4,9-10H2,1-3H3. The molecule has 1 unspecified atom stereocenters. The van der Waals surface area contributed by atoms with Crippen LogP contribution in [0.4, 0.5) is 0 Å². The number of benzene rings is 1. The Morgan fingerprint density at radius 1 is 1.28 bits per heavy atom. The van der Waals surface area contributed by atoms with Crippen LogP contribution >= 0.6 is 0 Å². The van der Waals surface area contributed by atoms with Gasteiger partial charge in [0.25, 0.3) is 0 Å². The third-order valence-corrected chi connectivity index (χ3v) is 3.46. The summed E-state index contributed by atoms with van der Waals surface area (Å²) in [4.78, 5) is 0.615. The molecule has 1 N–H and O–H groups in total. The summed E-state index contributed by atoms with van der Waals surface area (Å²) in [6.07, 6.45) is 0.555. The van der Waals surface area contributed by atoms with Gasteiger partial charge in [-0.05, 0) is 45.0 Å². The summed E-state index contributed by atoms with van der Waals surface area (Å²) in [7, 11) is 0. The Morgan fingerprint density at radius 3 is 2.39 bits per heavy atom. The summed E-state index contributed by atoms with van der Waals surface area (Å²) >= 11 is -1.41. The maximum Gasteiger partial charge on any atom is 0.189 e. The molecule has 4 nitrogen and oxygen atoms in total. The van der Waals surface area contributed by atoms with E-state index in [1.54, 1.807) is 31.2 Å². The normalized spacial score (nSPS) is 13.3. The molecule has 0 heterocycles. The van der Waals surface area contributed by atoms with Gasteiger partial charge in [0.1, 0.15) is 11.4 Å². The molecule has 0 aliphatic rings. The van der Waals surface area contributed by atoms with E-state index in [9.17, 15) is 4.21 Å². The molecular weight excluding hydrogens is 252 g/mol. The zero-order valence-electron chi connectivity index (χ0n) is 11.0. The molecule has 102 valence electrons. The van der Waals surface area contributed by atoms with E-state index in [-0.39, 0.29) is 6.61 Å². The van der Waals surface area contributed by atoms with Gasteiger partial charge in [0, 0.05) is 13.0 Å². The Morgan fingerprint density at radius 2 is 1.89 bits per heavy atom. The smallest absolute Gasteiger partial charge is 0.189 e. The second kappa shape index (κ2) is 6.87. The third kappa shape index (κ3) is 4.76. The summed E-state index contributed by atoms with van der Waals surface area (Å²) in [5.41, 5.74) is -0.421. The van der Waals surface area contributed by atoms with Crippen LogP contribution in [0, 0.1) is 0 Å². The second-order valence-electron chi connectivity index (χ2n) is 4.45. The first-order valence-corrected chi connectivity index (χ1v) is 7.01. The first-order chi connectivity index (χ1) is 8.48. The first kappa shape index (κ1) is 15.1. The summed E-state index contributed by atoms with van der Waals surface area (Å²) in [5, 5.41) is 8.92. The van der Waals surface area contributed by atoms with Crippen LogP contribution in [0.5, 0.6) is 5.75 Å². The van der Waals surface area contributed by atoms with E-state index in [0.717, 1.165) is 0 Å². The molecule has 0 radical (unpaired) electrons. The Hall–Kier alpha value is -0.910. The van der Waals surface area contributed by atoms with E-state index < -0.39 is 16.7 Å². The van der Waals surface area contributed by atoms with Crippen molar-refractivity contribution in [2.45, 2.75) is 37.7 Å². The molecule has 0 aliphatic heterocycles. The zero-order valence-corrected chi connectivity index (χ0v) is 11.8. The van der Waals surface area contributed by atoms with Crippen molar-refractivity contribution < 1.29 is 18.2 Å². The molecule has 0 spiro atoms. The van der Waals surface area contributed by atoms with Gasteiger partial charge in [-0.1, -0.05) is 0 Å². The van der Waals surface area contributed by atoms with Crippen molar-refractivity contribution in [3.63, 3.8) is 0 Å². The molecule has 1 rings (SSSR count). The van der Waals surface area contributed by atoms with Gasteiger partial charge in [0.15, 0.2) is 11.1 Å². The number of hydrogen-bond donors (Lipinski definition) is 1. The average molecular weight is 272 g/mol. The van der Waals surface area contributed by atoms with Crippen LogP contribution in [0.15, 0.2) is 29.2 Å². The number of aliphatic hydroxyl groups excluding tert-OH is 1. The van der Waals surface area contributed by atoms with Crippen molar-refractivity contribution >= 4 is 11.1 Å². The molecule has 0 aromatic heterocycles. The van der Waals surface area contributed by atoms with Crippen LogP contribution in [0.3, 0.4) is 0 Å². The van der Waals surface area contributed by atoms with Crippen molar-refractivity contribution in [1.82, 2.24) is 0 Å². The van der Waals surface area contributed by atoms with Gasteiger partial charge in [-0.3, -0.25) is 4.18 Å². The van der Waals surface area contributed by atoms with Crippen molar-refractivity contribution in [3.05, 3.63) is 24.3 Å². The highest BCUT2D eigenvalue weighted by molar-refractivity contribution is 7.80. The maximum absolute atomic E-state index is 11.6. The molecular formula is C13H20O4S. The zero-order chi connectivity index (χ0) is 13.6. The van der Waals surface area contributed by atoms with E-state index >= 15 is 0 Å². The van der Waals surface area contributed by atoms with Crippen molar-refractivity contribution in [2.24, 2.45) is 0 Å². The van der Waals surface area contributed by atoms with Crippen LogP contribution in [0.1, 0.15) is 27.2 Å². The average Bonchev–Trinajstić information content (AvgIpc) is 2.29. The predicted octanol–water partition coefficient (Wildman–Crippen LogP) is 2.29. The van der Waals surface area contributed by atoms with Crippen molar-refractivity contribution in [1.29, 1.82) is 0 Å². The molecule has 0 aliphatic carbocycles. The SMILES string of the molecule is CCOS(=O)c1ccc(OC(C)(C)CCO)cc1. The molecule has 1 aromatic carbocycles. The Kier molecular flexibility index (Phi) is 5.78. The predicted molar refractivity (Wildman–Crippen MR) is 70.9 cm³/mol. The van der Waals surface area contributed by atoms with Gasteiger partial charge in [-0.15, -0.1) is 0 Å². The lowest BCUT2D eigenvalue weighted by Crippen LogP contribution is -2.29. The largest absolute Gasteiger partial charge is 0.488 e. The summed E-state index contributed by atoms with van der Waals surface area (Å²) in [6.45, 7) is 6.12. The van der Waals surface area contributed by atoms with E-state index in [0.29, 0.717) is 23.7 Å². The lowest BCUT2D eigenvalue weighted by Gasteiger charge is -2.25. The van der Waals surface area contributed by atoms with Crippen LogP contribution < -0.4 is 4.74 Å². The summed E-state index contributed by atoms with van der Waals surface area (Å²) < 4.78 is 22.3. The fourth-order valence-electron chi connectivity index (χ4n) is 1.43. The highest BCUT2D eigenvalue weighted by atomic mass is 32.2. The third-order valence-electron chi connectivity index (χ3n) is 2.35. The van der Waals surface area contributed by atoms with E-state index in [2.05, 4.69) is 0 Å². The monoisotopic (exact) mass is 272 g/mol. The van der Waals surface area contributed by atoms with Crippen LogP contribution in [0.2, 0.25) is 0 Å². The van der Waals surface area contributed by atoms with Gasteiger partial charge < -0.3 is 9.84 Å². The molecule has 18 heavy (non-hydrogen) atoms. The van der Waals surface area contributed by atoms with Gasteiger partial charge in [-0.25, -0.2) is 4.21 Å². The highest BCUT2D eigenvalue weighted by Crippen LogP contribution is 2.22. The molecule has 0 bridgehead atoms. The minimum atomic E-state index is -1.41. The summed E-state index contributed by atoms with van der Waals surface area (Å²) in [5.74, 6) is 0.686. The van der Waals surface area contributed by atoms with Crippen molar-refractivity contribution in [3.8, 4) is 5.75 Å². The van der Waals surface area contributed by atoms with Gasteiger partial charge in [-0.2, -0.15) is 0 Å². The van der Waals surface area contributed by atoms with Crippen LogP contribution in [0.25, 0.3) is 0 Å². The van der Waals surface area contributed by atoms with Gasteiger partial charge >= 0.3 is 0 Å². The maximum atomic E-state index is 11.6. The molecule has 0 amide bonds. The number of aliphatic hydroxyl groups is 1. The van der Waals surface area contributed by atoms with Crippen LogP contribution in [-0.2, 0) is 15.3 Å². The molecule has 0 fully saturated rings. The lowest BCUT2D eigenvalue weighted by atomic mass is 10.1. The molecule has 5 heteroatoms. The fraction of sp³-hybridized carbons (Fsp3) is 0.538. The Balaban J connectivity index is 2.68. The molecule has 0 saturated heterocycles.